The monoisotopic (exact) mass is 268 g/mol. The van der Waals surface area contributed by atoms with Crippen LogP contribution in [0.1, 0.15) is 22.5 Å². The van der Waals surface area contributed by atoms with Gasteiger partial charge in [-0.1, -0.05) is 18.2 Å². The molecule has 4 heteroatoms. The van der Waals surface area contributed by atoms with E-state index < -0.39 is 0 Å². The minimum atomic E-state index is 0.872. The molecule has 2 aromatic heterocycles. The minimum absolute atomic E-state index is 0.872. The first-order chi connectivity index (χ1) is 9.75. The lowest BCUT2D eigenvalue weighted by atomic mass is 10.1. The number of rotatable bonds is 5. The first-order valence-electron chi connectivity index (χ1n) is 7.02. The Labute approximate surface area is 118 Å². The van der Waals surface area contributed by atoms with Crippen LogP contribution in [0.3, 0.4) is 0 Å². The highest BCUT2D eigenvalue weighted by Gasteiger charge is 2.06. The van der Waals surface area contributed by atoms with Crippen LogP contribution in [0.25, 0.3) is 10.9 Å². The molecule has 0 bridgehead atoms. The summed E-state index contributed by atoms with van der Waals surface area (Å²) in [6, 6.07) is 8.44. The van der Waals surface area contributed by atoms with Gasteiger partial charge in [-0.05, 0) is 38.4 Å². The molecule has 3 rings (SSSR count). The van der Waals surface area contributed by atoms with Gasteiger partial charge in [-0.25, -0.2) is 0 Å². The Morgan fingerprint density at radius 3 is 2.85 bits per heavy atom. The van der Waals surface area contributed by atoms with Crippen LogP contribution < -0.4 is 5.32 Å². The normalized spacial score (nSPS) is 11.3. The minimum Gasteiger partial charge on any atom is -0.361 e. The molecule has 0 fully saturated rings. The first kappa shape index (κ1) is 12.9. The highest BCUT2D eigenvalue weighted by atomic mass is 15.1. The Bertz CT molecular complexity index is 689. The third-order valence-electron chi connectivity index (χ3n) is 3.83. The van der Waals surface area contributed by atoms with Gasteiger partial charge in [-0.3, -0.25) is 5.10 Å². The van der Waals surface area contributed by atoms with Gasteiger partial charge < -0.3 is 10.3 Å². The van der Waals surface area contributed by atoms with Crippen molar-refractivity contribution in [2.75, 3.05) is 6.54 Å². The van der Waals surface area contributed by atoms with Crippen LogP contribution in [-0.2, 0) is 13.0 Å². The van der Waals surface area contributed by atoms with E-state index in [4.69, 9.17) is 0 Å². The van der Waals surface area contributed by atoms with Crippen molar-refractivity contribution < 1.29 is 0 Å². The molecule has 104 valence electrons. The number of fused-ring (bicyclic) bond motifs is 1. The number of nitrogens with zero attached hydrogens (tertiary/aromatic N) is 1. The fraction of sp³-hybridized carbons (Fsp3) is 0.312. The van der Waals surface area contributed by atoms with Crippen molar-refractivity contribution in [1.29, 1.82) is 0 Å². The predicted octanol–water partition coefficient (Wildman–Crippen LogP) is 2.84. The van der Waals surface area contributed by atoms with Gasteiger partial charge in [0, 0.05) is 34.9 Å². The maximum Gasteiger partial charge on any atom is 0.0638 e. The van der Waals surface area contributed by atoms with E-state index >= 15 is 0 Å². The average molecular weight is 268 g/mol. The second-order valence-electron chi connectivity index (χ2n) is 5.20. The number of aromatic amines is 2. The number of benzene rings is 1. The number of aromatic nitrogens is 3. The SMILES string of the molecule is Cc1n[nH]c(C)c1CNCCc1c[nH]c2ccccc12. The van der Waals surface area contributed by atoms with Crippen LogP contribution in [0.2, 0.25) is 0 Å². The van der Waals surface area contributed by atoms with E-state index in [-0.39, 0.29) is 0 Å². The lowest BCUT2D eigenvalue weighted by Gasteiger charge is -2.04. The Morgan fingerprint density at radius 1 is 1.20 bits per heavy atom. The molecular formula is C16H20N4. The number of hydrogen-bond donors (Lipinski definition) is 3. The van der Waals surface area contributed by atoms with Crippen molar-refractivity contribution >= 4 is 10.9 Å². The summed E-state index contributed by atoms with van der Waals surface area (Å²) in [5.41, 5.74) is 6.10. The number of hydrogen-bond acceptors (Lipinski definition) is 2. The third-order valence-corrected chi connectivity index (χ3v) is 3.83. The maximum atomic E-state index is 4.22. The Kier molecular flexibility index (Phi) is 3.56. The molecule has 2 heterocycles. The van der Waals surface area contributed by atoms with Crippen molar-refractivity contribution in [3.8, 4) is 0 Å². The van der Waals surface area contributed by atoms with Crippen LogP contribution in [-0.4, -0.2) is 21.7 Å². The summed E-state index contributed by atoms with van der Waals surface area (Å²) in [5.74, 6) is 0. The van der Waals surface area contributed by atoms with Gasteiger partial charge in [0.15, 0.2) is 0 Å². The molecule has 0 radical (unpaired) electrons. The van der Waals surface area contributed by atoms with E-state index in [2.05, 4.69) is 57.9 Å². The summed E-state index contributed by atoms with van der Waals surface area (Å²) >= 11 is 0. The summed E-state index contributed by atoms with van der Waals surface area (Å²) in [6.45, 7) is 5.94. The molecule has 0 atom stereocenters. The molecule has 0 spiro atoms. The van der Waals surface area contributed by atoms with E-state index in [9.17, 15) is 0 Å². The maximum absolute atomic E-state index is 4.22. The molecule has 0 amide bonds. The number of H-pyrrole nitrogens is 2. The first-order valence-corrected chi connectivity index (χ1v) is 7.02. The van der Waals surface area contributed by atoms with Crippen molar-refractivity contribution in [2.45, 2.75) is 26.8 Å². The van der Waals surface area contributed by atoms with E-state index in [1.807, 2.05) is 6.92 Å². The number of para-hydroxylation sites is 1. The van der Waals surface area contributed by atoms with Gasteiger partial charge in [-0.15, -0.1) is 0 Å². The molecule has 0 unspecified atom stereocenters. The Balaban J connectivity index is 1.58. The van der Waals surface area contributed by atoms with Gasteiger partial charge in [0.05, 0.1) is 5.69 Å². The Hall–Kier alpha value is -2.07. The van der Waals surface area contributed by atoms with Gasteiger partial charge in [-0.2, -0.15) is 5.10 Å². The zero-order chi connectivity index (χ0) is 13.9. The number of aryl methyl sites for hydroxylation is 2. The summed E-state index contributed by atoms with van der Waals surface area (Å²) in [6.07, 6.45) is 3.14. The average Bonchev–Trinajstić information content (AvgIpc) is 3.01. The number of nitrogens with one attached hydrogen (secondary N) is 3. The molecular weight excluding hydrogens is 248 g/mol. The third kappa shape index (κ3) is 2.47. The van der Waals surface area contributed by atoms with Gasteiger partial charge in [0.25, 0.3) is 0 Å². The molecule has 3 N–H and O–H groups in total. The van der Waals surface area contributed by atoms with E-state index in [1.54, 1.807) is 0 Å². The molecule has 0 aliphatic carbocycles. The molecule has 3 aromatic rings. The lowest BCUT2D eigenvalue weighted by molar-refractivity contribution is 0.684. The molecule has 0 saturated carbocycles. The van der Waals surface area contributed by atoms with Crippen molar-refractivity contribution in [1.82, 2.24) is 20.5 Å². The molecule has 20 heavy (non-hydrogen) atoms. The quantitative estimate of drug-likeness (QED) is 0.623. The fourth-order valence-corrected chi connectivity index (χ4v) is 2.61. The van der Waals surface area contributed by atoms with Crippen molar-refractivity contribution in [3.63, 3.8) is 0 Å². The summed E-state index contributed by atoms with van der Waals surface area (Å²) in [7, 11) is 0. The van der Waals surface area contributed by atoms with E-state index in [0.29, 0.717) is 0 Å². The molecule has 4 nitrogen and oxygen atoms in total. The topological polar surface area (TPSA) is 56.5 Å². The second-order valence-corrected chi connectivity index (χ2v) is 5.20. The van der Waals surface area contributed by atoms with E-state index in [1.165, 1.54) is 22.0 Å². The van der Waals surface area contributed by atoms with Crippen molar-refractivity contribution in [3.05, 3.63) is 53.0 Å². The van der Waals surface area contributed by atoms with Crippen LogP contribution in [0.4, 0.5) is 0 Å². The largest absolute Gasteiger partial charge is 0.361 e. The van der Waals surface area contributed by atoms with Gasteiger partial charge in [0.1, 0.15) is 0 Å². The lowest BCUT2D eigenvalue weighted by Crippen LogP contribution is -2.17. The zero-order valence-corrected chi connectivity index (χ0v) is 12.0. The molecule has 0 aliphatic rings. The smallest absolute Gasteiger partial charge is 0.0638 e. The summed E-state index contributed by atoms with van der Waals surface area (Å²) in [4.78, 5) is 3.32. The van der Waals surface area contributed by atoms with Crippen LogP contribution in [0.5, 0.6) is 0 Å². The van der Waals surface area contributed by atoms with E-state index in [0.717, 1.165) is 30.9 Å². The summed E-state index contributed by atoms with van der Waals surface area (Å²) in [5, 5.41) is 12.1. The van der Waals surface area contributed by atoms with Gasteiger partial charge in [0.2, 0.25) is 0 Å². The molecule has 1 aromatic carbocycles. The van der Waals surface area contributed by atoms with Crippen LogP contribution in [0, 0.1) is 13.8 Å². The molecule has 0 saturated heterocycles. The molecule has 0 aliphatic heterocycles. The standard InChI is InChI=1S/C16H20N4/c1-11-15(12(2)20-19-11)10-17-8-7-13-9-18-16-6-4-3-5-14(13)16/h3-6,9,17-18H,7-8,10H2,1-2H3,(H,19,20). The van der Waals surface area contributed by atoms with Gasteiger partial charge >= 0.3 is 0 Å². The van der Waals surface area contributed by atoms with Crippen molar-refractivity contribution in [2.24, 2.45) is 0 Å². The highest BCUT2D eigenvalue weighted by molar-refractivity contribution is 5.83. The zero-order valence-electron chi connectivity index (χ0n) is 12.0. The second kappa shape index (κ2) is 5.51. The van der Waals surface area contributed by atoms with Crippen LogP contribution >= 0.6 is 0 Å². The fourth-order valence-electron chi connectivity index (χ4n) is 2.61. The summed E-state index contributed by atoms with van der Waals surface area (Å²) < 4.78 is 0. The predicted molar refractivity (Wildman–Crippen MR) is 81.8 cm³/mol. The highest BCUT2D eigenvalue weighted by Crippen LogP contribution is 2.17. The Morgan fingerprint density at radius 2 is 2.05 bits per heavy atom. The van der Waals surface area contributed by atoms with Crippen LogP contribution in [0.15, 0.2) is 30.5 Å².